The predicted octanol–water partition coefficient (Wildman–Crippen LogP) is 15.5. The number of esters is 1. The SMILES string of the molecule is CCCCCCCC/C=C\CCCCCCCCCCCC(=O)OC(CCCCC/C=C\CCCCCCCCCC)CCCCCCCC(=O)NCC(=O)O. The van der Waals surface area contributed by atoms with Gasteiger partial charge in [-0.15, -0.1) is 0 Å². The van der Waals surface area contributed by atoms with Crippen molar-refractivity contribution < 1.29 is 24.2 Å². The third-order valence-corrected chi connectivity index (χ3v) is 11.1. The normalized spacial score (nSPS) is 12.2. The number of unbranched alkanes of at least 4 members (excludes halogenated alkanes) is 30. The molecule has 0 aliphatic rings. The number of nitrogens with one attached hydrogen (secondary N) is 1. The average molecular weight is 788 g/mol. The van der Waals surface area contributed by atoms with Crippen LogP contribution in [0.15, 0.2) is 24.3 Å². The summed E-state index contributed by atoms with van der Waals surface area (Å²) in [5, 5.41) is 11.1. The first-order chi connectivity index (χ1) is 27.5. The summed E-state index contributed by atoms with van der Waals surface area (Å²) in [6, 6.07) is 0. The van der Waals surface area contributed by atoms with Gasteiger partial charge in [-0.05, 0) is 89.9 Å². The van der Waals surface area contributed by atoms with Gasteiger partial charge in [0.05, 0.1) is 0 Å². The molecule has 0 aliphatic carbocycles. The molecule has 0 heterocycles. The van der Waals surface area contributed by atoms with E-state index in [0.29, 0.717) is 12.8 Å². The summed E-state index contributed by atoms with van der Waals surface area (Å²) in [4.78, 5) is 35.2. The van der Waals surface area contributed by atoms with Crippen LogP contribution in [0.4, 0.5) is 0 Å². The summed E-state index contributed by atoms with van der Waals surface area (Å²) < 4.78 is 6.05. The van der Waals surface area contributed by atoms with E-state index in [1.54, 1.807) is 0 Å². The minimum Gasteiger partial charge on any atom is -0.480 e. The smallest absolute Gasteiger partial charge is 0.322 e. The molecule has 0 spiro atoms. The Hall–Kier alpha value is -2.11. The van der Waals surface area contributed by atoms with Gasteiger partial charge in [-0.25, -0.2) is 0 Å². The number of hydrogen-bond donors (Lipinski definition) is 2. The molecule has 1 unspecified atom stereocenters. The van der Waals surface area contributed by atoms with Gasteiger partial charge >= 0.3 is 11.9 Å². The lowest BCUT2D eigenvalue weighted by Gasteiger charge is -2.18. The fourth-order valence-corrected chi connectivity index (χ4v) is 7.45. The van der Waals surface area contributed by atoms with Gasteiger partial charge in [0.1, 0.15) is 12.6 Å². The Balaban J connectivity index is 4.13. The van der Waals surface area contributed by atoms with Crippen molar-refractivity contribution in [3.63, 3.8) is 0 Å². The van der Waals surface area contributed by atoms with Crippen molar-refractivity contribution in [2.45, 2.75) is 270 Å². The summed E-state index contributed by atoms with van der Waals surface area (Å²) in [6.45, 7) is 4.24. The van der Waals surface area contributed by atoms with Crippen molar-refractivity contribution in [3.8, 4) is 0 Å². The first-order valence-electron chi connectivity index (χ1n) is 24.5. The molecule has 0 rings (SSSR count). The van der Waals surface area contributed by atoms with E-state index in [9.17, 15) is 14.4 Å². The van der Waals surface area contributed by atoms with Gasteiger partial charge in [-0.3, -0.25) is 14.4 Å². The highest BCUT2D eigenvalue weighted by atomic mass is 16.5. The number of carbonyl (C=O) groups excluding carboxylic acids is 2. The van der Waals surface area contributed by atoms with E-state index < -0.39 is 5.97 Å². The van der Waals surface area contributed by atoms with Gasteiger partial charge < -0.3 is 15.2 Å². The molecule has 328 valence electrons. The molecular formula is C50H93NO5. The molecule has 0 aromatic carbocycles. The number of rotatable bonds is 45. The summed E-state index contributed by atoms with van der Waals surface area (Å²) in [7, 11) is 0. The molecule has 0 saturated carbocycles. The Labute approximate surface area is 347 Å². The molecule has 0 aromatic heterocycles. The van der Waals surface area contributed by atoms with Crippen LogP contribution in [-0.2, 0) is 19.1 Å². The highest BCUT2D eigenvalue weighted by Crippen LogP contribution is 2.19. The Kier molecular flexibility index (Phi) is 43.9. The van der Waals surface area contributed by atoms with E-state index in [4.69, 9.17) is 9.84 Å². The molecule has 0 fully saturated rings. The largest absolute Gasteiger partial charge is 0.480 e. The van der Waals surface area contributed by atoms with E-state index in [0.717, 1.165) is 70.6 Å². The molecular weight excluding hydrogens is 695 g/mol. The Bertz CT molecular complexity index is 915. The van der Waals surface area contributed by atoms with E-state index in [1.807, 2.05) is 0 Å². The van der Waals surface area contributed by atoms with Gasteiger partial charge in [0, 0.05) is 12.8 Å². The molecule has 0 aliphatic heterocycles. The van der Waals surface area contributed by atoms with Crippen LogP contribution in [0, 0.1) is 0 Å². The van der Waals surface area contributed by atoms with Crippen LogP contribution < -0.4 is 5.32 Å². The van der Waals surface area contributed by atoms with Crippen molar-refractivity contribution in [2.75, 3.05) is 6.54 Å². The fraction of sp³-hybridized carbons (Fsp3) is 0.860. The molecule has 6 heteroatoms. The lowest BCUT2D eigenvalue weighted by Crippen LogP contribution is -2.28. The number of allylic oxidation sites excluding steroid dienone is 4. The standard InChI is InChI=1S/C50H93NO5/c1-3-5-7-9-11-13-15-17-19-20-21-22-24-26-28-30-32-37-41-45-50(55)56-47(43-39-35-33-36-40-44-48(52)51-46-49(53)54)42-38-34-31-29-27-25-23-18-16-14-12-10-8-6-4-2/h17,19,25,27,47H,3-16,18,20-24,26,28-46H2,1-2H3,(H,51,52)(H,53,54)/b19-17-,27-25-. The topological polar surface area (TPSA) is 92.7 Å². The number of carboxylic acids is 1. The molecule has 56 heavy (non-hydrogen) atoms. The first-order valence-corrected chi connectivity index (χ1v) is 24.5. The zero-order valence-electron chi connectivity index (χ0n) is 37.3. The summed E-state index contributed by atoms with van der Waals surface area (Å²) in [6.07, 6.45) is 56.0. The van der Waals surface area contributed by atoms with Crippen LogP contribution in [0.1, 0.15) is 264 Å². The number of aliphatic carboxylic acids is 1. The van der Waals surface area contributed by atoms with Gasteiger partial charge in [0.25, 0.3) is 0 Å². The Morgan fingerprint density at radius 1 is 0.446 bits per heavy atom. The zero-order chi connectivity index (χ0) is 40.8. The molecule has 0 radical (unpaired) electrons. The maximum absolute atomic E-state index is 12.8. The molecule has 1 amide bonds. The van der Waals surface area contributed by atoms with Crippen molar-refractivity contribution in [2.24, 2.45) is 0 Å². The minimum atomic E-state index is -1.01. The summed E-state index contributed by atoms with van der Waals surface area (Å²) in [5.74, 6) is -1.23. The second-order valence-electron chi connectivity index (χ2n) is 16.7. The molecule has 1 atom stereocenters. The Morgan fingerprint density at radius 3 is 1.16 bits per heavy atom. The molecule has 2 N–H and O–H groups in total. The van der Waals surface area contributed by atoms with Gasteiger partial charge in [0.2, 0.25) is 5.91 Å². The number of hydrogen-bond acceptors (Lipinski definition) is 4. The number of amides is 1. The van der Waals surface area contributed by atoms with Crippen LogP contribution in [-0.4, -0.2) is 35.6 Å². The van der Waals surface area contributed by atoms with Crippen molar-refractivity contribution in [1.82, 2.24) is 5.32 Å². The highest BCUT2D eigenvalue weighted by Gasteiger charge is 2.14. The second kappa shape index (κ2) is 45.6. The lowest BCUT2D eigenvalue weighted by atomic mass is 10.0. The van der Waals surface area contributed by atoms with Crippen LogP contribution in [0.25, 0.3) is 0 Å². The van der Waals surface area contributed by atoms with E-state index in [-0.39, 0.29) is 24.5 Å². The van der Waals surface area contributed by atoms with Crippen LogP contribution >= 0.6 is 0 Å². The maximum Gasteiger partial charge on any atom is 0.322 e. The maximum atomic E-state index is 12.8. The fourth-order valence-electron chi connectivity index (χ4n) is 7.45. The van der Waals surface area contributed by atoms with Crippen LogP contribution in [0.3, 0.4) is 0 Å². The van der Waals surface area contributed by atoms with Gasteiger partial charge in [0.15, 0.2) is 0 Å². The predicted molar refractivity (Wildman–Crippen MR) is 240 cm³/mol. The van der Waals surface area contributed by atoms with Crippen LogP contribution in [0.5, 0.6) is 0 Å². The Morgan fingerprint density at radius 2 is 0.768 bits per heavy atom. The highest BCUT2D eigenvalue weighted by molar-refractivity contribution is 5.80. The van der Waals surface area contributed by atoms with Crippen LogP contribution in [0.2, 0.25) is 0 Å². The van der Waals surface area contributed by atoms with Crippen molar-refractivity contribution in [3.05, 3.63) is 24.3 Å². The molecule has 0 saturated heterocycles. The molecule has 0 aromatic rings. The van der Waals surface area contributed by atoms with Gasteiger partial charge in [-0.2, -0.15) is 0 Å². The average Bonchev–Trinajstić information content (AvgIpc) is 3.18. The third kappa shape index (κ3) is 44.6. The first kappa shape index (κ1) is 53.9. The molecule has 6 nitrogen and oxygen atoms in total. The third-order valence-electron chi connectivity index (χ3n) is 11.1. The van der Waals surface area contributed by atoms with Gasteiger partial charge in [-0.1, -0.05) is 186 Å². The van der Waals surface area contributed by atoms with Crippen molar-refractivity contribution >= 4 is 17.8 Å². The van der Waals surface area contributed by atoms with Crippen molar-refractivity contribution in [1.29, 1.82) is 0 Å². The summed E-state index contributed by atoms with van der Waals surface area (Å²) >= 11 is 0. The zero-order valence-corrected chi connectivity index (χ0v) is 37.3. The van der Waals surface area contributed by atoms with E-state index in [1.165, 1.54) is 167 Å². The minimum absolute atomic E-state index is 0.0117. The van der Waals surface area contributed by atoms with E-state index >= 15 is 0 Å². The number of carbonyl (C=O) groups is 3. The van der Waals surface area contributed by atoms with E-state index in [2.05, 4.69) is 43.5 Å². The second-order valence-corrected chi connectivity index (χ2v) is 16.7. The quantitative estimate of drug-likeness (QED) is 0.0364. The number of carboxylic acid groups (broad SMARTS) is 1. The summed E-state index contributed by atoms with van der Waals surface area (Å²) in [5.41, 5.74) is 0. The number of ether oxygens (including phenoxy) is 1. The monoisotopic (exact) mass is 788 g/mol. The lowest BCUT2D eigenvalue weighted by molar-refractivity contribution is -0.150. The molecule has 0 bridgehead atoms.